The topological polar surface area (TPSA) is 55.1 Å². The van der Waals surface area contributed by atoms with Gasteiger partial charge in [-0.1, -0.05) is 35.3 Å². The largest absolute Gasteiger partial charge is 0.383 e. The van der Waals surface area contributed by atoms with Crippen LogP contribution >= 0.6 is 23.2 Å². The highest BCUT2D eigenvalue weighted by atomic mass is 35.5. The smallest absolute Gasteiger partial charge is 0.133 e. The zero-order valence-electron chi connectivity index (χ0n) is 14.5. The second-order valence-electron chi connectivity index (χ2n) is 6.88. The number of nitrogens with zero attached hydrogens (tertiary/aromatic N) is 2. The van der Waals surface area contributed by atoms with E-state index in [0.29, 0.717) is 41.4 Å². The lowest BCUT2D eigenvalue weighted by molar-refractivity contribution is -0.125. The number of aliphatic hydroxyl groups is 1. The van der Waals surface area contributed by atoms with E-state index in [1.807, 2.05) is 42.5 Å². The van der Waals surface area contributed by atoms with Crippen LogP contribution < -0.4 is 0 Å². The standard InChI is InChI=1S/C21H18Cl2N2O2/c22-15-3-1-14(2-4-15)19-13-20(21(27)11-9-18(26)10-12-21)24-25(19)17-7-5-16(23)6-8-17/h1-8,13,27H,9-12H2. The second-order valence-corrected chi connectivity index (χ2v) is 7.75. The van der Waals surface area contributed by atoms with E-state index in [-0.39, 0.29) is 5.78 Å². The van der Waals surface area contributed by atoms with Gasteiger partial charge in [0.1, 0.15) is 11.4 Å². The van der Waals surface area contributed by atoms with Gasteiger partial charge < -0.3 is 5.11 Å². The summed E-state index contributed by atoms with van der Waals surface area (Å²) in [5.74, 6) is 0.190. The zero-order valence-corrected chi connectivity index (χ0v) is 16.0. The Morgan fingerprint density at radius 2 is 1.48 bits per heavy atom. The summed E-state index contributed by atoms with van der Waals surface area (Å²) in [5, 5.41) is 17.1. The minimum absolute atomic E-state index is 0.190. The number of aromatic nitrogens is 2. The van der Waals surface area contributed by atoms with Crippen molar-refractivity contribution >= 4 is 29.0 Å². The first-order valence-corrected chi connectivity index (χ1v) is 9.57. The van der Waals surface area contributed by atoms with Gasteiger partial charge in [0.25, 0.3) is 0 Å². The molecule has 6 heteroatoms. The van der Waals surface area contributed by atoms with Gasteiger partial charge in [-0.15, -0.1) is 0 Å². The molecular weight excluding hydrogens is 383 g/mol. The molecule has 4 rings (SSSR count). The molecule has 1 heterocycles. The monoisotopic (exact) mass is 400 g/mol. The third-order valence-corrected chi connectivity index (χ3v) is 5.54. The van der Waals surface area contributed by atoms with Crippen LogP contribution in [0, 0.1) is 0 Å². The van der Waals surface area contributed by atoms with Gasteiger partial charge in [0.15, 0.2) is 0 Å². The number of halogens is 2. The molecule has 1 aromatic heterocycles. The van der Waals surface area contributed by atoms with Gasteiger partial charge in [-0.3, -0.25) is 4.79 Å². The highest BCUT2D eigenvalue weighted by molar-refractivity contribution is 6.30. The summed E-state index contributed by atoms with van der Waals surface area (Å²) in [6.45, 7) is 0. The SMILES string of the molecule is O=C1CCC(O)(c2cc(-c3ccc(Cl)cc3)n(-c3ccc(Cl)cc3)n2)CC1. The first-order chi connectivity index (χ1) is 12.9. The van der Waals surface area contributed by atoms with Crippen molar-refractivity contribution in [2.75, 3.05) is 0 Å². The predicted molar refractivity (Wildman–Crippen MR) is 106 cm³/mol. The number of carbonyl (C=O) groups excluding carboxylic acids is 1. The molecule has 0 saturated heterocycles. The number of ketones is 1. The quantitative estimate of drug-likeness (QED) is 0.658. The molecule has 0 radical (unpaired) electrons. The third kappa shape index (κ3) is 3.65. The molecular formula is C21H18Cl2N2O2. The normalized spacial score (nSPS) is 16.5. The van der Waals surface area contributed by atoms with Crippen molar-refractivity contribution < 1.29 is 9.90 Å². The van der Waals surface area contributed by atoms with Crippen LogP contribution in [0.2, 0.25) is 10.0 Å². The van der Waals surface area contributed by atoms with Crippen molar-refractivity contribution in [3.05, 3.63) is 70.3 Å². The summed E-state index contributed by atoms with van der Waals surface area (Å²) in [7, 11) is 0. The Kier molecular flexibility index (Phi) is 4.81. The molecule has 0 unspecified atom stereocenters. The van der Waals surface area contributed by atoms with Crippen molar-refractivity contribution in [1.82, 2.24) is 9.78 Å². The Balaban J connectivity index is 1.83. The van der Waals surface area contributed by atoms with Crippen molar-refractivity contribution in [1.29, 1.82) is 0 Å². The van der Waals surface area contributed by atoms with E-state index in [2.05, 4.69) is 0 Å². The Labute approximate surface area is 167 Å². The van der Waals surface area contributed by atoms with E-state index in [9.17, 15) is 9.90 Å². The summed E-state index contributed by atoms with van der Waals surface area (Å²) >= 11 is 12.0. The van der Waals surface area contributed by atoms with Crippen molar-refractivity contribution in [3.63, 3.8) is 0 Å². The van der Waals surface area contributed by atoms with E-state index < -0.39 is 5.60 Å². The summed E-state index contributed by atoms with van der Waals surface area (Å²) in [5.41, 5.74) is 2.10. The Morgan fingerprint density at radius 1 is 0.926 bits per heavy atom. The van der Waals surface area contributed by atoms with Gasteiger partial charge in [-0.25, -0.2) is 4.68 Å². The first-order valence-electron chi connectivity index (χ1n) is 8.81. The van der Waals surface area contributed by atoms with Crippen LogP contribution in [0.25, 0.3) is 16.9 Å². The number of benzene rings is 2. The number of rotatable bonds is 3. The molecule has 27 heavy (non-hydrogen) atoms. The number of carbonyl (C=O) groups is 1. The third-order valence-electron chi connectivity index (χ3n) is 5.03. The molecule has 1 saturated carbocycles. The Bertz CT molecular complexity index is 905. The molecule has 0 bridgehead atoms. The summed E-state index contributed by atoms with van der Waals surface area (Å²) < 4.78 is 1.79. The molecule has 1 aliphatic carbocycles. The molecule has 1 aliphatic rings. The fraction of sp³-hybridized carbons (Fsp3) is 0.238. The molecule has 1 fully saturated rings. The molecule has 0 aliphatic heterocycles. The zero-order chi connectivity index (χ0) is 19.0. The van der Waals surface area contributed by atoms with Crippen LogP contribution in [0.1, 0.15) is 31.4 Å². The molecule has 0 spiro atoms. The summed E-state index contributed by atoms with van der Waals surface area (Å²) in [6, 6.07) is 16.8. The number of hydrogen-bond acceptors (Lipinski definition) is 3. The van der Waals surface area contributed by atoms with Gasteiger partial charge in [-0.05, 0) is 55.3 Å². The van der Waals surface area contributed by atoms with Gasteiger partial charge >= 0.3 is 0 Å². The lowest BCUT2D eigenvalue weighted by Gasteiger charge is -2.29. The Morgan fingerprint density at radius 3 is 2.07 bits per heavy atom. The van der Waals surface area contributed by atoms with Crippen molar-refractivity contribution in [2.45, 2.75) is 31.3 Å². The fourth-order valence-corrected chi connectivity index (χ4v) is 3.66. The lowest BCUT2D eigenvalue weighted by Crippen LogP contribution is -2.32. The van der Waals surface area contributed by atoms with E-state index in [0.717, 1.165) is 16.9 Å². The van der Waals surface area contributed by atoms with Crippen molar-refractivity contribution in [2.24, 2.45) is 0 Å². The molecule has 138 valence electrons. The number of hydrogen-bond donors (Lipinski definition) is 1. The van der Waals surface area contributed by atoms with E-state index >= 15 is 0 Å². The molecule has 3 aromatic rings. The Hall–Kier alpha value is -2.14. The fourth-order valence-electron chi connectivity index (χ4n) is 3.41. The van der Waals surface area contributed by atoms with E-state index in [4.69, 9.17) is 28.3 Å². The van der Waals surface area contributed by atoms with E-state index in [1.54, 1.807) is 16.8 Å². The summed E-state index contributed by atoms with van der Waals surface area (Å²) in [6.07, 6.45) is 1.54. The first kappa shape index (κ1) is 18.2. The van der Waals surface area contributed by atoms with Crippen molar-refractivity contribution in [3.8, 4) is 16.9 Å². The molecule has 2 aromatic carbocycles. The van der Waals surface area contributed by atoms with Gasteiger partial charge in [0, 0.05) is 28.5 Å². The highest BCUT2D eigenvalue weighted by Gasteiger charge is 2.37. The average molecular weight is 401 g/mol. The summed E-state index contributed by atoms with van der Waals surface area (Å²) in [4.78, 5) is 11.6. The number of Topliss-reactive ketones (excluding diaryl/α,β-unsaturated/α-hetero) is 1. The molecule has 0 amide bonds. The molecule has 1 N–H and O–H groups in total. The molecule has 4 nitrogen and oxygen atoms in total. The maximum absolute atomic E-state index is 11.6. The average Bonchev–Trinajstić information content (AvgIpc) is 3.12. The van der Waals surface area contributed by atoms with E-state index in [1.165, 1.54) is 0 Å². The van der Waals surface area contributed by atoms with Crippen LogP contribution in [0.4, 0.5) is 0 Å². The minimum atomic E-state index is -1.09. The lowest BCUT2D eigenvalue weighted by atomic mass is 9.82. The van der Waals surface area contributed by atoms with Crippen LogP contribution in [-0.4, -0.2) is 20.7 Å². The highest BCUT2D eigenvalue weighted by Crippen LogP contribution is 2.37. The van der Waals surface area contributed by atoms with Crippen LogP contribution in [0.5, 0.6) is 0 Å². The maximum Gasteiger partial charge on any atom is 0.133 e. The maximum atomic E-state index is 11.6. The van der Waals surface area contributed by atoms with Crippen LogP contribution in [0.3, 0.4) is 0 Å². The minimum Gasteiger partial charge on any atom is -0.383 e. The van der Waals surface area contributed by atoms with Gasteiger partial charge in [-0.2, -0.15) is 5.10 Å². The molecule has 0 atom stereocenters. The van der Waals surface area contributed by atoms with Crippen LogP contribution in [0.15, 0.2) is 54.6 Å². The van der Waals surface area contributed by atoms with Gasteiger partial charge in [0.05, 0.1) is 17.1 Å². The van der Waals surface area contributed by atoms with Gasteiger partial charge in [0.2, 0.25) is 0 Å². The van der Waals surface area contributed by atoms with Crippen LogP contribution in [-0.2, 0) is 10.4 Å². The predicted octanol–water partition coefficient (Wildman–Crippen LogP) is 5.18. The second kappa shape index (κ2) is 7.12.